The molecule has 12 heavy (non-hydrogen) atoms. The smallest absolute Gasteiger partial charge is 0.0654 e. The summed E-state index contributed by atoms with van der Waals surface area (Å²) in [5.74, 6) is 0. The first-order valence-corrected chi connectivity index (χ1v) is 4.34. The fourth-order valence-corrected chi connectivity index (χ4v) is 0.670. The number of hydrogen-bond acceptors (Lipinski definition) is 2. The van der Waals surface area contributed by atoms with Gasteiger partial charge in [-0.2, -0.15) is 0 Å². The van der Waals surface area contributed by atoms with Crippen molar-refractivity contribution in [1.29, 1.82) is 0 Å². The molecule has 0 unspecified atom stereocenters. The highest BCUT2D eigenvalue weighted by Gasteiger charge is 2.07. The van der Waals surface area contributed by atoms with Gasteiger partial charge in [-0.25, -0.2) is 0 Å². The number of hydrogen-bond donors (Lipinski definition) is 0. The van der Waals surface area contributed by atoms with E-state index in [9.17, 15) is 0 Å². The molecule has 0 heterocycles. The van der Waals surface area contributed by atoms with Crippen molar-refractivity contribution >= 4 is 0 Å². The van der Waals surface area contributed by atoms with Crippen molar-refractivity contribution in [2.75, 3.05) is 20.3 Å². The Kier molecular flexibility index (Phi) is 6.03. The molecule has 0 aliphatic heterocycles. The van der Waals surface area contributed by atoms with Gasteiger partial charge in [0.1, 0.15) is 0 Å². The second-order valence-electron chi connectivity index (χ2n) is 3.68. The topological polar surface area (TPSA) is 18.5 Å². The highest BCUT2D eigenvalue weighted by molar-refractivity contribution is 4.82. The maximum atomic E-state index is 5.48. The molecule has 0 saturated carbocycles. The van der Waals surface area contributed by atoms with Crippen LogP contribution in [0.15, 0.2) is 12.2 Å². The predicted molar refractivity (Wildman–Crippen MR) is 51.3 cm³/mol. The van der Waals surface area contributed by atoms with Gasteiger partial charge >= 0.3 is 0 Å². The Labute approximate surface area is 75.6 Å². The molecule has 0 aromatic carbocycles. The largest absolute Gasteiger partial charge is 0.384 e. The summed E-state index contributed by atoms with van der Waals surface area (Å²) < 4.78 is 10.4. The van der Waals surface area contributed by atoms with Crippen molar-refractivity contribution in [3.8, 4) is 0 Å². The van der Waals surface area contributed by atoms with E-state index in [2.05, 4.69) is 26.8 Å². The van der Waals surface area contributed by atoms with Crippen LogP contribution in [0.4, 0.5) is 0 Å². The molecule has 0 rings (SSSR count). The summed E-state index contributed by atoms with van der Waals surface area (Å²) in [4.78, 5) is 0. The number of methoxy groups -OCH3 is 1. The van der Waals surface area contributed by atoms with Crippen LogP contribution >= 0.6 is 0 Å². The average molecular weight is 172 g/mol. The van der Waals surface area contributed by atoms with E-state index in [4.69, 9.17) is 9.47 Å². The van der Waals surface area contributed by atoms with Crippen molar-refractivity contribution in [2.45, 2.75) is 32.8 Å². The van der Waals surface area contributed by atoms with E-state index in [1.807, 2.05) is 6.08 Å². The second-order valence-corrected chi connectivity index (χ2v) is 3.68. The lowest BCUT2D eigenvalue weighted by atomic mass is 10.2. The van der Waals surface area contributed by atoms with Gasteiger partial charge in [0.25, 0.3) is 0 Å². The van der Waals surface area contributed by atoms with E-state index in [0.29, 0.717) is 6.61 Å². The molecule has 2 nitrogen and oxygen atoms in total. The molecule has 72 valence electrons. The molecule has 2 heteroatoms. The van der Waals surface area contributed by atoms with Crippen LogP contribution in [0.1, 0.15) is 27.2 Å². The zero-order chi connectivity index (χ0) is 9.45. The first-order chi connectivity index (χ1) is 5.56. The Morgan fingerprint density at radius 1 is 1.17 bits per heavy atom. The summed E-state index contributed by atoms with van der Waals surface area (Å²) in [6, 6.07) is 0. The second kappa shape index (κ2) is 6.21. The predicted octanol–water partition coefficient (Wildman–Crippen LogP) is 2.39. The minimum absolute atomic E-state index is 0.0361. The standard InChI is InChI=1S/C10H20O2/c1-10(2,3)12-9-7-5-6-8-11-4/h5,7H,6,8-9H2,1-4H3/b7-5+. The molecule has 0 radical (unpaired) electrons. The van der Waals surface area contributed by atoms with Crippen LogP contribution in [-0.4, -0.2) is 25.9 Å². The van der Waals surface area contributed by atoms with Crippen molar-refractivity contribution < 1.29 is 9.47 Å². The maximum Gasteiger partial charge on any atom is 0.0654 e. The molecule has 0 aliphatic carbocycles. The Morgan fingerprint density at radius 3 is 2.33 bits per heavy atom. The molecule has 0 bridgehead atoms. The van der Waals surface area contributed by atoms with Gasteiger partial charge < -0.3 is 9.47 Å². The zero-order valence-corrected chi connectivity index (χ0v) is 8.59. The van der Waals surface area contributed by atoms with Crippen LogP contribution < -0.4 is 0 Å². The van der Waals surface area contributed by atoms with Crippen molar-refractivity contribution in [1.82, 2.24) is 0 Å². The molecule has 0 aliphatic rings. The van der Waals surface area contributed by atoms with Crippen LogP contribution in [0.3, 0.4) is 0 Å². The third-order valence-corrected chi connectivity index (χ3v) is 1.27. The van der Waals surface area contributed by atoms with Gasteiger partial charge in [0.05, 0.1) is 12.2 Å². The lowest BCUT2D eigenvalue weighted by molar-refractivity contribution is 0.0149. The van der Waals surface area contributed by atoms with E-state index in [1.165, 1.54) is 0 Å². The van der Waals surface area contributed by atoms with Gasteiger partial charge in [-0.15, -0.1) is 0 Å². The molecule has 0 N–H and O–H groups in total. The Morgan fingerprint density at radius 2 is 1.83 bits per heavy atom. The van der Waals surface area contributed by atoms with Crippen LogP contribution in [0, 0.1) is 0 Å². The molecule has 0 aromatic heterocycles. The fraction of sp³-hybridized carbons (Fsp3) is 0.800. The number of rotatable bonds is 5. The average Bonchev–Trinajstić information content (AvgIpc) is 1.94. The third kappa shape index (κ3) is 9.66. The van der Waals surface area contributed by atoms with E-state index in [0.717, 1.165) is 13.0 Å². The Bertz CT molecular complexity index is 122. The first-order valence-electron chi connectivity index (χ1n) is 4.34. The van der Waals surface area contributed by atoms with Gasteiger partial charge in [-0.05, 0) is 27.2 Å². The molecule has 0 aromatic rings. The summed E-state index contributed by atoms with van der Waals surface area (Å²) in [5, 5.41) is 0. The Hall–Kier alpha value is -0.340. The van der Waals surface area contributed by atoms with E-state index in [-0.39, 0.29) is 5.60 Å². The van der Waals surface area contributed by atoms with Gasteiger partial charge in [-0.1, -0.05) is 12.2 Å². The van der Waals surface area contributed by atoms with Crippen LogP contribution in [0.25, 0.3) is 0 Å². The molecular weight excluding hydrogens is 152 g/mol. The van der Waals surface area contributed by atoms with Gasteiger partial charge in [0, 0.05) is 13.7 Å². The normalized spacial score (nSPS) is 12.7. The van der Waals surface area contributed by atoms with E-state index >= 15 is 0 Å². The summed E-state index contributed by atoms with van der Waals surface area (Å²) >= 11 is 0. The minimum atomic E-state index is -0.0361. The molecule has 0 atom stereocenters. The quantitative estimate of drug-likeness (QED) is 0.468. The molecular formula is C10H20O2. The van der Waals surface area contributed by atoms with Crippen LogP contribution in [0.5, 0.6) is 0 Å². The first kappa shape index (κ1) is 11.7. The molecule has 0 amide bonds. The van der Waals surface area contributed by atoms with Gasteiger partial charge in [-0.3, -0.25) is 0 Å². The van der Waals surface area contributed by atoms with Crippen LogP contribution in [-0.2, 0) is 9.47 Å². The lowest BCUT2D eigenvalue weighted by Gasteiger charge is -2.17. The highest BCUT2D eigenvalue weighted by Crippen LogP contribution is 2.05. The summed E-state index contributed by atoms with van der Waals surface area (Å²) in [5.41, 5.74) is -0.0361. The van der Waals surface area contributed by atoms with E-state index in [1.54, 1.807) is 7.11 Å². The van der Waals surface area contributed by atoms with E-state index < -0.39 is 0 Å². The van der Waals surface area contributed by atoms with Gasteiger partial charge in [0.2, 0.25) is 0 Å². The number of ether oxygens (including phenoxy) is 2. The molecule has 0 spiro atoms. The van der Waals surface area contributed by atoms with Crippen molar-refractivity contribution in [3.63, 3.8) is 0 Å². The SMILES string of the molecule is COCC/C=C/COC(C)(C)C. The fourth-order valence-electron chi connectivity index (χ4n) is 0.670. The summed E-state index contributed by atoms with van der Waals surface area (Å²) in [7, 11) is 1.71. The highest BCUT2D eigenvalue weighted by atomic mass is 16.5. The Balaban J connectivity index is 3.25. The minimum Gasteiger partial charge on any atom is -0.384 e. The monoisotopic (exact) mass is 172 g/mol. The summed E-state index contributed by atoms with van der Waals surface area (Å²) in [6.45, 7) is 7.63. The van der Waals surface area contributed by atoms with Gasteiger partial charge in [0.15, 0.2) is 0 Å². The summed E-state index contributed by atoms with van der Waals surface area (Å²) in [6.07, 6.45) is 5.07. The third-order valence-electron chi connectivity index (χ3n) is 1.27. The molecule has 0 fully saturated rings. The molecule has 0 saturated heterocycles. The zero-order valence-electron chi connectivity index (χ0n) is 8.59. The van der Waals surface area contributed by atoms with Crippen molar-refractivity contribution in [3.05, 3.63) is 12.2 Å². The lowest BCUT2D eigenvalue weighted by Crippen LogP contribution is -2.18. The maximum absolute atomic E-state index is 5.48. The van der Waals surface area contributed by atoms with Crippen molar-refractivity contribution in [2.24, 2.45) is 0 Å². The van der Waals surface area contributed by atoms with Crippen LogP contribution in [0.2, 0.25) is 0 Å².